The lowest BCUT2D eigenvalue weighted by Crippen LogP contribution is -2.08. The molecule has 0 aliphatic heterocycles. The zero-order chi connectivity index (χ0) is 17.5. The van der Waals surface area contributed by atoms with Gasteiger partial charge in [-0.3, -0.25) is 4.79 Å². The lowest BCUT2D eigenvalue weighted by atomic mass is 10.1. The van der Waals surface area contributed by atoms with Crippen LogP contribution in [-0.2, 0) is 22.6 Å². The van der Waals surface area contributed by atoms with E-state index in [2.05, 4.69) is 0 Å². The van der Waals surface area contributed by atoms with Crippen LogP contribution in [0.25, 0.3) is 0 Å². The van der Waals surface area contributed by atoms with Crippen LogP contribution in [0.4, 0.5) is 4.39 Å². The third kappa shape index (κ3) is 4.38. The first-order valence-corrected chi connectivity index (χ1v) is 7.73. The molecule has 2 rings (SSSR count). The van der Waals surface area contributed by atoms with Crippen molar-refractivity contribution in [1.29, 1.82) is 0 Å². The summed E-state index contributed by atoms with van der Waals surface area (Å²) in [5.74, 6) is 0.246. The fourth-order valence-corrected chi connectivity index (χ4v) is 2.50. The Bertz CT molecular complexity index is 698. The van der Waals surface area contributed by atoms with E-state index in [1.165, 1.54) is 12.1 Å². The van der Waals surface area contributed by atoms with Gasteiger partial charge in [0.15, 0.2) is 11.5 Å². The van der Waals surface area contributed by atoms with Crippen molar-refractivity contribution in [3.05, 3.63) is 58.4 Å². The van der Waals surface area contributed by atoms with Gasteiger partial charge in [0.2, 0.25) is 0 Å². The number of methoxy groups -OCH3 is 2. The summed E-state index contributed by atoms with van der Waals surface area (Å²) >= 11 is 5.90. The fourth-order valence-electron chi connectivity index (χ4n) is 2.28. The van der Waals surface area contributed by atoms with E-state index in [1.807, 2.05) is 12.1 Å². The summed E-state index contributed by atoms with van der Waals surface area (Å²) in [5, 5.41) is 0.234. The summed E-state index contributed by atoms with van der Waals surface area (Å²) in [4.78, 5) is 11.9. The van der Waals surface area contributed by atoms with Gasteiger partial charge in [0.1, 0.15) is 12.4 Å². The Morgan fingerprint density at radius 2 is 1.88 bits per heavy atom. The summed E-state index contributed by atoms with van der Waals surface area (Å²) < 4.78 is 29.3. The molecule has 0 atom stereocenters. The number of hydrogen-bond donors (Lipinski definition) is 0. The van der Waals surface area contributed by atoms with Gasteiger partial charge in [-0.15, -0.1) is 0 Å². The van der Waals surface area contributed by atoms with Gasteiger partial charge in [0.25, 0.3) is 0 Å². The SMILES string of the molecule is COc1cccc(CCC(=O)OCc2c(F)cccc2Cl)c1OC. The van der Waals surface area contributed by atoms with E-state index in [0.29, 0.717) is 17.9 Å². The van der Waals surface area contributed by atoms with Crippen LogP contribution in [0, 0.1) is 5.82 Å². The number of esters is 1. The number of carbonyl (C=O) groups excluding carboxylic acids is 1. The highest BCUT2D eigenvalue weighted by molar-refractivity contribution is 6.31. The highest BCUT2D eigenvalue weighted by Crippen LogP contribution is 2.31. The number of hydrogen-bond acceptors (Lipinski definition) is 4. The summed E-state index contributed by atoms with van der Waals surface area (Å²) in [7, 11) is 3.09. The molecule has 2 aromatic rings. The average Bonchev–Trinajstić information content (AvgIpc) is 2.58. The normalized spacial score (nSPS) is 10.3. The molecule has 0 N–H and O–H groups in total. The van der Waals surface area contributed by atoms with Crippen LogP contribution in [0.1, 0.15) is 17.5 Å². The quantitative estimate of drug-likeness (QED) is 0.701. The van der Waals surface area contributed by atoms with Gasteiger partial charge in [-0.1, -0.05) is 29.8 Å². The molecule has 0 bridgehead atoms. The molecular weight excluding hydrogens is 335 g/mol. The third-order valence-corrected chi connectivity index (χ3v) is 3.88. The number of halogens is 2. The standard InChI is InChI=1S/C18H18ClFO4/c1-22-16-8-3-5-12(18(16)23-2)9-10-17(21)24-11-13-14(19)6-4-7-15(13)20/h3-8H,9-11H2,1-2H3. The van der Waals surface area contributed by atoms with Crippen molar-refractivity contribution < 1.29 is 23.4 Å². The minimum absolute atomic E-state index is 0.135. The van der Waals surface area contributed by atoms with Crippen molar-refractivity contribution in [2.45, 2.75) is 19.4 Å². The van der Waals surface area contributed by atoms with Gasteiger partial charge in [-0.05, 0) is 30.2 Å². The van der Waals surface area contributed by atoms with E-state index >= 15 is 0 Å². The summed E-state index contributed by atoms with van der Waals surface area (Å²) in [5.41, 5.74) is 1.00. The van der Waals surface area contributed by atoms with Gasteiger partial charge in [0.05, 0.1) is 19.2 Å². The first kappa shape index (κ1) is 18.1. The number of benzene rings is 2. The van der Waals surface area contributed by atoms with E-state index in [4.69, 9.17) is 25.8 Å². The maximum absolute atomic E-state index is 13.6. The van der Waals surface area contributed by atoms with E-state index in [0.717, 1.165) is 5.56 Å². The van der Waals surface area contributed by atoms with Crippen molar-refractivity contribution in [3.8, 4) is 11.5 Å². The predicted molar refractivity (Wildman–Crippen MR) is 89.1 cm³/mol. The molecule has 0 spiro atoms. The zero-order valence-corrected chi connectivity index (χ0v) is 14.2. The highest BCUT2D eigenvalue weighted by Gasteiger charge is 2.13. The second-order valence-corrected chi connectivity index (χ2v) is 5.42. The van der Waals surface area contributed by atoms with E-state index in [1.54, 1.807) is 26.4 Å². The van der Waals surface area contributed by atoms with Gasteiger partial charge < -0.3 is 14.2 Å². The summed E-state index contributed by atoms with van der Waals surface area (Å²) in [6.45, 7) is -0.195. The molecule has 24 heavy (non-hydrogen) atoms. The molecule has 6 heteroatoms. The predicted octanol–water partition coefficient (Wildman–Crippen LogP) is 4.17. The molecule has 0 radical (unpaired) electrons. The Morgan fingerprint density at radius 1 is 1.12 bits per heavy atom. The Labute approximate surface area is 145 Å². The monoisotopic (exact) mass is 352 g/mol. The molecule has 2 aromatic carbocycles. The second kappa shape index (κ2) is 8.55. The zero-order valence-electron chi connectivity index (χ0n) is 13.5. The van der Waals surface area contributed by atoms with Crippen LogP contribution in [0.3, 0.4) is 0 Å². The van der Waals surface area contributed by atoms with Crippen LogP contribution in [-0.4, -0.2) is 20.2 Å². The minimum Gasteiger partial charge on any atom is -0.493 e. The topological polar surface area (TPSA) is 44.8 Å². The molecule has 0 amide bonds. The van der Waals surface area contributed by atoms with Crippen molar-refractivity contribution in [3.63, 3.8) is 0 Å². The van der Waals surface area contributed by atoms with Crippen molar-refractivity contribution in [2.24, 2.45) is 0 Å². The number of rotatable bonds is 7. The number of aryl methyl sites for hydroxylation is 1. The Hall–Kier alpha value is -2.27. The van der Waals surface area contributed by atoms with Gasteiger partial charge in [-0.25, -0.2) is 4.39 Å². The van der Waals surface area contributed by atoms with Gasteiger partial charge in [-0.2, -0.15) is 0 Å². The van der Waals surface area contributed by atoms with E-state index in [-0.39, 0.29) is 23.6 Å². The first-order chi connectivity index (χ1) is 11.6. The summed E-state index contributed by atoms with van der Waals surface area (Å²) in [6.07, 6.45) is 0.555. The largest absolute Gasteiger partial charge is 0.493 e. The molecule has 0 saturated carbocycles. The molecular formula is C18H18ClFO4. The maximum atomic E-state index is 13.6. The van der Waals surface area contributed by atoms with E-state index in [9.17, 15) is 9.18 Å². The maximum Gasteiger partial charge on any atom is 0.306 e. The molecule has 0 saturated heterocycles. The fraction of sp³-hybridized carbons (Fsp3) is 0.278. The summed E-state index contributed by atoms with van der Waals surface area (Å²) in [6, 6.07) is 9.77. The lowest BCUT2D eigenvalue weighted by Gasteiger charge is -2.12. The van der Waals surface area contributed by atoms with Gasteiger partial charge in [0, 0.05) is 12.0 Å². The Balaban J connectivity index is 1.95. The van der Waals surface area contributed by atoms with Crippen molar-refractivity contribution in [1.82, 2.24) is 0 Å². The van der Waals surface area contributed by atoms with Crippen LogP contribution in [0.5, 0.6) is 11.5 Å². The Morgan fingerprint density at radius 3 is 2.54 bits per heavy atom. The third-order valence-electron chi connectivity index (χ3n) is 3.52. The first-order valence-electron chi connectivity index (χ1n) is 7.35. The number of ether oxygens (including phenoxy) is 3. The van der Waals surface area contributed by atoms with Gasteiger partial charge >= 0.3 is 5.97 Å². The smallest absolute Gasteiger partial charge is 0.306 e. The molecule has 0 fully saturated rings. The minimum atomic E-state index is -0.496. The number of para-hydroxylation sites is 1. The van der Waals surface area contributed by atoms with Crippen molar-refractivity contribution in [2.75, 3.05) is 14.2 Å². The highest BCUT2D eigenvalue weighted by atomic mass is 35.5. The average molecular weight is 353 g/mol. The van der Waals surface area contributed by atoms with Crippen LogP contribution >= 0.6 is 11.6 Å². The second-order valence-electron chi connectivity index (χ2n) is 5.01. The molecule has 4 nitrogen and oxygen atoms in total. The molecule has 0 aliphatic rings. The van der Waals surface area contributed by atoms with Crippen molar-refractivity contribution >= 4 is 17.6 Å². The molecule has 0 aromatic heterocycles. The molecule has 128 valence electrons. The van der Waals surface area contributed by atoms with Crippen LogP contribution < -0.4 is 9.47 Å². The molecule has 0 aliphatic carbocycles. The van der Waals surface area contributed by atoms with E-state index < -0.39 is 11.8 Å². The van der Waals surface area contributed by atoms with Crippen LogP contribution in [0.15, 0.2) is 36.4 Å². The lowest BCUT2D eigenvalue weighted by molar-refractivity contribution is -0.144. The Kier molecular flexibility index (Phi) is 6.44. The number of carbonyl (C=O) groups is 1. The van der Waals surface area contributed by atoms with Crippen LogP contribution in [0.2, 0.25) is 5.02 Å². The molecule has 0 heterocycles. The molecule has 0 unspecified atom stereocenters.